The quantitative estimate of drug-likeness (QED) is 0.632. The maximum atomic E-state index is 11.7. The minimum atomic E-state index is -3.60. The lowest BCUT2D eigenvalue weighted by molar-refractivity contribution is 0.541. The molecule has 0 radical (unpaired) electrons. The van der Waals surface area contributed by atoms with Crippen molar-refractivity contribution >= 4 is 37.1 Å². The Labute approximate surface area is 107 Å². The molecular weight excluding hydrogens is 284 g/mol. The molecule has 1 aliphatic rings. The second kappa shape index (κ2) is 5.17. The molecular formula is C8H16N2O4S3. The fourth-order valence-corrected chi connectivity index (χ4v) is 4.81. The number of hydrogen-bond acceptors (Lipinski definition) is 5. The van der Waals surface area contributed by atoms with E-state index in [4.69, 9.17) is 5.73 Å². The Morgan fingerprint density at radius 2 is 2.18 bits per heavy atom. The molecule has 0 saturated carbocycles. The van der Waals surface area contributed by atoms with E-state index in [1.165, 1.54) is 6.92 Å². The second-order valence-corrected chi connectivity index (χ2v) is 8.99. The molecule has 0 spiro atoms. The molecule has 0 aromatic carbocycles. The molecule has 0 aromatic rings. The predicted molar refractivity (Wildman–Crippen MR) is 69.9 cm³/mol. The van der Waals surface area contributed by atoms with Crippen LogP contribution in [0.25, 0.3) is 0 Å². The number of sulfone groups is 1. The Morgan fingerprint density at radius 3 is 2.59 bits per heavy atom. The summed E-state index contributed by atoms with van der Waals surface area (Å²) in [5, 5.41) is -0.949. The van der Waals surface area contributed by atoms with E-state index in [1.807, 2.05) is 0 Å². The van der Waals surface area contributed by atoms with Gasteiger partial charge in [-0.1, -0.05) is 12.2 Å². The summed E-state index contributed by atoms with van der Waals surface area (Å²) in [7, 11) is -6.58. The van der Waals surface area contributed by atoms with Gasteiger partial charge in [-0.3, -0.25) is 0 Å². The monoisotopic (exact) mass is 300 g/mol. The second-order valence-electron chi connectivity index (χ2n) is 4.21. The molecule has 17 heavy (non-hydrogen) atoms. The fourth-order valence-electron chi connectivity index (χ4n) is 1.54. The maximum Gasteiger partial charge on any atom is 0.220 e. The summed E-state index contributed by atoms with van der Waals surface area (Å²) in [5.41, 5.74) is 5.27. The van der Waals surface area contributed by atoms with Crippen molar-refractivity contribution in [3.63, 3.8) is 0 Å². The van der Waals surface area contributed by atoms with E-state index >= 15 is 0 Å². The van der Waals surface area contributed by atoms with Gasteiger partial charge in [0.2, 0.25) is 10.0 Å². The molecule has 1 rings (SSSR count). The highest BCUT2D eigenvalue weighted by atomic mass is 32.2. The van der Waals surface area contributed by atoms with Crippen molar-refractivity contribution in [3.8, 4) is 0 Å². The van der Waals surface area contributed by atoms with Crippen LogP contribution in [-0.4, -0.2) is 45.1 Å². The molecule has 1 heterocycles. The highest BCUT2D eigenvalue weighted by Crippen LogP contribution is 2.17. The molecule has 0 amide bonds. The summed E-state index contributed by atoms with van der Waals surface area (Å²) in [5.74, 6) is 0.00892. The number of thiocarbonyl (C=S) groups is 1. The van der Waals surface area contributed by atoms with E-state index in [0.29, 0.717) is 6.42 Å². The summed E-state index contributed by atoms with van der Waals surface area (Å²) in [6.07, 6.45) is 0.492. The Bertz CT molecular complexity index is 497. The molecule has 1 aliphatic heterocycles. The summed E-state index contributed by atoms with van der Waals surface area (Å²) >= 11 is 4.61. The van der Waals surface area contributed by atoms with Gasteiger partial charge in [-0.15, -0.1) is 0 Å². The first kappa shape index (κ1) is 14.8. The molecule has 2 atom stereocenters. The van der Waals surface area contributed by atoms with Gasteiger partial charge in [-0.25, -0.2) is 21.6 Å². The van der Waals surface area contributed by atoms with Gasteiger partial charge in [-0.05, 0) is 19.3 Å². The number of nitrogens with one attached hydrogen (secondary N) is 1. The summed E-state index contributed by atoms with van der Waals surface area (Å²) in [6, 6.07) is 0. The van der Waals surface area contributed by atoms with Crippen LogP contribution in [0, 0.1) is 5.92 Å². The summed E-state index contributed by atoms with van der Waals surface area (Å²) < 4.78 is 48.1. The van der Waals surface area contributed by atoms with Crippen molar-refractivity contribution in [3.05, 3.63) is 0 Å². The molecule has 100 valence electrons. The van der Waals surface area contributed by atoms with E-state index in [0.717, 1.165) is 0 Å². The van der Waals surface area contributed by atoms with E-state index in [9.17, 15) is 16.8 Å². The summed E-state index contributed by atoms with van der Waals surface area (Å²) in [4.78, 5) is -0.100. The average Bonchev–Trinajstić information content (AvgIpc) is 2.54. The Morgan fingerprint density at radius 1 is 1.59 bits per heavy atom. The SMILES string of the molecule is CC(C(N)=S)S(=O)(=O)NCC1CCS(=O)(=O)C1. The highest BCUT2D eigenvalue weighted by Gasteiger charge is 2.30. The van der Waals surface area contributed by atoms with Crippen LogP contribution in [0.5, 0.6) is 0 Å². The molecule has 0 bridgehead atoms. The molecule has 2 unspecified atom stereocenters. The molecule has 1 fully saturated rings. The largest absolute Gasteiger partial charge is 0.392 e. The van der Waals surface area contributed by atoms with Crippen LogP contribution >= 0.6 is 12.2 Å². The van der Waals surface area contributed by atoms with Gasteiger partial charge in [0.15, 0.2) is 9.84 Å². The van der Waals surface area contributed by atoms with Crippen LogP contribution < -0.4 is 10.5 Å². The minimum absolute atomic E-state index is 0.0387. The highest BCUT2D eigenvalue weighted by molar-refractivity contribution is 7.93. The van der Waals surface area contributed by atoms with Gasteiger partial charge >= 0.3 is 0 Å². The third-order valence-corrected chi connectivity index (χ3v) is 6.86. The van der Waals surface area contributed by atoms with Crippen molar-refractivity contribution in [2.75, 3.05) is 18.1 Å². The number of hydrogen-bond donors (Lipinski definition) is 2. The molecule has 0 aromatic heterocycles. The standard InChI is InChI=1S/C8H16N2O4S3/c1-6(8(9)15)17(13,14)10-4-7-2-3-16(11,12)5-7/h6-7,10H,2-5H2,1H3,(H2,9,15). The minimum Gasteiger partial charge on any atom is -0.392 e. The van der Waals surface area contributed by atoms with Crippen LogP contribution in [0.3, 0.4) is 0 Å². The molecule has 9 heteroatoms. The first-order chi connectivity index (χ1) is 7.64. The number of rotatable bonds is 5. The lowest BCUT2D eigenvalue weighted by Crippen LogP contribution is -2.41. The van der Waals surface area contributed by atoms with E-state index < -0.39 is 25.1 Å². The van der Waals surface area contributed by atoms with Gasteiger partial charge in [-0.2, -0.15) is 0 Å². The van der Waals surface area contributed by atoms with Crippen molar-refractivity contribution in [2.24, 2.45) is 11.7 Å². The van der Waals surface area contributed by atoms with Gasteiger partial charge in [0, 0.05) is 6.54 Å². The van der Waals surface area contributed by atoms with E-state index in [2.05, 4.69) is 16.9 Å². The number of sulfonamides is 1. The Kier molecular flexibility index (Phi) is 4.50. The van der Waals surface area contributed by atoms with Crippen molar-refractivity contribution in [2.45, 2.75) is 18.6 Å². The Balaban J connectivity index is 2.55. The molecule has 1 saturated heterocycles. The van der Waals surface area contributed by atoms with Crippen molar-refractivity contribution < 1.29 is 16.8 Å². The molecule has 3 N–H and O–H groups in total. The van der Waals surface area contributed by atoms with Crippen LogP contribution in [0.4, 0.5) is 0 Å². The molecule has 0 aliphatic carbocycles. The smallest absolute Gasteiger partial charge is 0.220 e. The zero-order chi connectivity index (χ0) is 13.3. The van der Waals surface area contributed by atoms with Crippen molar-refractivity contribution in [1.82, 2.24) is 4.72 Å². The van der Waals surface area contributed by atoms with Gasteiger partial charge < -0.3 is 5.73 Å². The topological polar surface area (TPSA) is 106 Å². The number of nitrogens with two attached hydrogens (primary N) is 1. The van der Waals surface area contributed by atoms with Gasteiger partial charge in [0.05, 0.1) is 16.5 Å². The normalized spacial score (nSPS) is 25.6. The summed E-state index contributed by atoms with van der Waals surface area (Å²) in [6.45, 7) is 1.52. The third kappa shape index (κ3) is 4.16. The van der Waals surface area contributed by atoms with Crippen LogP contribution in [-0.2, 0) is 19.9 Å². The molecule has 6 nitrogen and oxygen atoms in total. The maximum absolute atomic E-state index is 11.7. The predicted octanol–water partition coefficient (Wildman–Crippen LogP) is -0.985. The van der Waals surface area contributed by atoms with Crippen LogP contribution in [0.1, 0.15) is 13.3 Å². The fraction of sp³-hybridized carbons (Fsp3) is 0.875. The van der Waals surface area contributed by atoms with E-state index in [-0.39, 0.29) is 29.0 Å². The van der Waals surface area contributed by atoms with Crippen molar-refractivity contribution in [1.29, 1.82) is 0 Å². The average molecular weight is 300 g/mol. The Hall–Kier alpha value is -0.250. The van der Waals surface area contributed by atoms with Crippen LogP contribution in [0.15, 0.2) is 0 Å². The zero-order valence-electron chi connectivity index (χ0n) is 9.42. The first-order valence-corrected chi connectivity index (χ1v) is 8.90. The lowest BCUT2D eigenvalue weighted by atomic mass is 10.1. The first-order valence-electron chi connectivity index (χ1n) is 5.12. The van der Waals surface area contributed by atoms with E-state index in [1.54, 1.807) is 0 Å². The lowest BCUT2D eigenvalue weighted by Gasteiger charge is -2.14. The van der Waals surface area contributed by atoms with Crippen LogP contribution in [0.2, 0.25) is 0 Å². The third-order valence-electron chi connectivity index (χ3n) is 2.77. The zero-order valence-corrected chi connectivity index (χ0v) is 11.9. The van der Waals surface area contributed by atoms with Gasteiger partial charge in [0.25, 0.3) is 0 Å². The van der Waals surface area contributed by atoms with Gasteiger partial charge in [0.1, 0.15) is 5.25 Å².